The van der Waals surface area contributed by atoms with E-state index in [1.165, 1.54) is 4.31 Å². The number of hydrogen-bond acceptors (Lipinski definition) is 4. The van der Waals surface area contributed by atoms with Crippen LogP contribution in [-0.2, 0) is 14.8 Å². The molecule has 6 nitrogen and oxygen atoms in total. The summed E-state index contributed by atoms with van der Waals surface area (Å²) in [6.45, 7) is 1.84. The molecule has 1 aliphatic rings. The normalized spacial score (nSPS) is 16.8. The number of nitrogens with one attached hydrogen (secondary N) is 1. The summed E-state index contributed by atoms with van der Waals surface area (Å²) in [7, 11) is -3.52. The lowest BCUT2D eigenvalue weighted by Gasteiger charge is -2.33. The number of sulfonamides is 1. The SMILES string of the molecule is Cc1cc(I)ccc1NC(=O)C1CN(S(C)(=O)=O)c2ccccc2O1. The van der Waals surface area contributed by atoms with Gasteiger partial charge in [-0.1, -0.05) is 12.1 Å². The maximum atomic E-state index is 12.6. The number of para-hydroxylation sites is 2. The number of carbonyl (C=O) groups excluding carboxylic acids is 1. The van der Waals surface area contributed by atoms with Crippen molar-refractivity contribution in [1.82, 2.24) is 0 Å². The molecule has 2 aromatic rings. The number of amides is 1. The number of aryl methyl sites for hydroxylation is 1. The molecule has 1 amide bonds. The molecule has 3 rings (SSSR count). The summed E-state index contributed by atoms with van der Waals surface area (Å²) < 4.78 is 32.2. The number of rotatable bonds is 3. The molecule has 1 N–H and O–H groups in total. The average Bonchev–Trinajstić information content (AvgIpc) is 2.55. The minimum Gasteiger partial charge on any atom is -0.476 e. The molecule has 25 heavy (non-hydrogen) atoms. The lowest BCUT2D eigenvalue weighted by atomic mass is 10.2. The number of nitrogens with zero attached hydrogens (tertiary/aromatic N) is 1. The summed E-state index contributed by atoms with van der Waals surface area (Å²) in [5.41, 5.74) is 2.05. The summed E-state index contributed by atoms with van der Waals surface area (Å²) >= 11 is 2.20. The van der Waals surface area contributed by atoms with Crippen LogP contribution in [0.15, 0.2) is 42.5 Å². The van der Waals surface area contributed by atoms with Crippen LogP contribution in [0.4, 0.5) is 11.4 Å². The Morgan fingerprint density at radius 2 is 2.00 bits per heavy atom. The Bertz CT molecular complexity index is 930. The molecular formula is C17H17IN2O4S. The smallest absolute Gasteiger partial charge is 0.267 e. The Morgan fingerprint density at radius 3 is 2.68 bits per heavy atom. The molecule has 2 aromatic carbocycles. The third-order valence-corrected chi connectivity index (χ3v) is 5.69. The van der Waals surface area contributed by atoms with Gasteiger partial charge in [-0.2, -0.15) is 0 Å². The zero-order valence-corrected chi connectivity index (χ0v) is 16.7. The fourth-order valence-electron chi connectivity index (χ4n) is 2.63. The van der Waals surface area contributed by atoms with E-state index in [4.69, 9.17) is 4.74 Å². The zero-order chi connectivity index (χ0) is 18.2. The number of ether oxygens (including phenoxy) is 1. The van der Waals surface area contributed by atoms with Gasteiger partial charge in [-0.15, -0.1) is 0 Å². The van der Waals surface area contributed by atoms with Crippen LogP contribution in [0, 0.1) is 10.5 Å². The molecule has 1 atom stereocenters. The molecule has 0 radical (unpaired) electrons. The lowest BCUT2D eigenvalue weighted by Crippen LogP contribution is -2.48. The van der Waals surface area contributed by atoms with Crippen LogP contribution in [0.2, 0.25) is 0 Å². The van der Waals surface area contributed by atoms with E-state index in [0.29, 0.717) is 17.1 Å². The highest BCUT2D eigenvalue weighted by Gasteiger charge is 2.34. The Hall–Kier alpha value is -1.81. The Kier molecular flexibility index (Phi) is 4.92. The molecule has 0 spiro atoms. The number of halogens is 1. The molecule has 1 aliphatic heterocycles. The highest BCUT2D eigenvalue weighted by Crippen LogP contribution is 2.34. The van der Waals surface area contributed by atoms with Crippen LogP contribution < -0.4 is 14.4 Å². The molecule has 1 heterocycles. The summed E-state index contributed by atoms with van der Waals surface area (Å²) in [5.74, 6) is -0.00822. The first-order valence-electron chi connectivity index (χ1n) is 7.56. The van der Waals surface area contributed by atoms with Crippen LogP contribution in [0.1, 0.15) is 5.56 Å². The predicted octanol–water partition coefficient (Wildman–Crippen LogP) is 2.77. The van der Waals surface area contributed by atoms with Gasteiger partial charge in [0.2, 0.25) is 10.0 Å². The van der Waals surface area contributed by atoms with Gasteiger partial charge in [-0.3, -0.25) is 9.10 Å². The summed E-state index contributed by atoms with van der Waals surface area (Å²) in [6, 6.07) is 12.5. The van der Waals surface area contributed by atoms with Crippen LogP contribution in [-0.4, -0.2) is 33.2 Å². The molecule has 0 aliphatic carbocycles. The monoisotopic (exact) mass is 472 g/mol. The van der Waals surface area contributed by atoms with Crippen LogP contribution in [0.3, 0.4) is 0 Å². The van der Waals surface area contributed by atoms with Crippen molar-refractivity contribution in [2.75, 3.05) is 22.4 Å². The second-order valence-electron chi connectivity index (χ2n) is 5.82. The first kappa shape index (κ1) is 18.0. The maximum absolute atomic E-state index is 12.6. The van der Waals surface area contributed by atoms with Gasteiger partial charge in [0.25, 0.3) is 5.91 Å². The number of benzene rings is 2. The van der Waals surface area contributed by atoms with Crippen molar-refractivity contribution in [2.24, 2.45) is 0 Å². The average molecular weight is 472 g/mol. The topological polar surface area (TPSA) is 75.7 Å². The van der Waals surface area contributed by atoms with E-state index in [1.807, 2.05) is 25.1 Å². The van der Waals surface area contributed by atoms with Crippen LogP contribution in [0.5, 0.6) is 5.75 Å². The van der Waals surface area contributed by atoms with Gasteiger partial charge in [0.1, 0.15) is 5.75 Å². The standard InChI is InChI=1S/C17H17IN2O4S/c1-11-9-12(18)7-8-13(11)19-17(21)16-10-20(25(2,22)23)14-5-3-4-6-15(14)24-16/h3-9,16H,10H2,1-2H3,(H,19,21). The van der Waals surface area contributed by atoms with Crippen molar-refractivity contribution < 1.29 is 17.9 Å². The highest BCUT2D eigenvalue weighted by atomic mass is 127. The van der Waals surface area contributed by atoms with Gasteiger partial charge in [-0.25, -0.2) is 8.42 Å². The van der Waals surface area contributed by atoms with Crippen molar-refractivity contribution in [2.45, 2.75) is 13.0 Å². The molecular weight excluding hydrogens is 455 g/mol. The van der Waals surface area contributed by atoms with Crippen molar-refractivity contribution in [1.29, 1.82) is 0 Å². The first-order chi connectivity index (χ1) is 11.8. The van der Waals surface area contributed by atoms with E-state index in [1.54, 1.807) is 24.3 Å². The fraction of sp³-hybridized carbons (Fsp3) is 0.235. The molecule has 0 aromatic heterocycles. The predicted molar refractivity (Wildman–Crippen MR) is 106 cm³/mol. The van der Waals surface area contributed by atoms with Crippen LogP contribution >= 0.6 is 22.6 Å². The Labute approximate surface area is 160 Å². The maximum Gasteiger partial charge on any atom is 0.267 e. The Balaban J connectivity index is 1.87. The third kappa shape index (κ3) is 3.90. The minimum atomic E-state index is -3.52. The lowest BCUT2D eigenvalue weighted by molar-refractivity contribution is -0.122. The van der Waals surface area contributed by atoms with E-state index in [-0.39, 0.29) is 12.5 Å². The Morgan fingerprint density at radius 1 is 1.28 bits per heavy atom. The van der Waals surface area contributed by atoms with Gasteiger partial charge < -0.3 is 10.1 Å². The second kappa shape index (κ2) is 6.83. The highest BCUT2D eigenvalue weighted by molar-refractivity contribution is 14.1. The van der Waals surface area contributed by atoms with Crippen LogP contribution in [0.25, 0.3) is 0 Å². The number of anilines is 2. The van der Waals surface area contributed by atoms with Crippen molar-refractivity contribution in [3.05, 3.63) is 51.6 Å². The number of fused-ring (bicyclic) bond motifs is 1. The van der Waals surface area contributed by atoms with E-state index in [2.05, 4.69) is 27.9 Å². The van der Waals surface area contributed by atoms with E-state index >= 15 is 0 Å². The zero-order valence-electron chi connectivity index (χ0n) is 13.7. The molecule has 0 saturated heterocycles. The van der Waals surface area contributed by atoms with Crippen molar-refractivity contribution in [3.8, 4) is 5.75 Å². The van der Waals surface area contributed by atoms with Gasteiger partial charge in [0.15, 0.2) is 6.10 Å². The summed E-state index contributed by atoms with van der Waals surface area (Å²) in [5, 5.41) is 2.82. The molecule has 132 valence electrons. The third-order valence-electron chi connectivity index (χ3n) is 3.87. The van der Waals surface area contributed by atoms with E-state index < -0.39 is 16.1 Å². The number of hydrogen-bond donors (Lipinski definition) is 1. The molecule has 1 unspecified atom stereocenters. The minimum absolute atomic E-state index is 0.0644. The first-order valence-corrected chi connectivity index (χ1v) is 10.5. The van der Waals surface area contributed by atoms with Gasteiger partial charge in [-0.05, 0) is 65.4 Å². The largest absolute Gasteiger partial charge is 0.476 e. The van der Waals surface area contributed by atoms with E-state index in [9.17, 15) is 13.2 Å². The molecule has 0 fully saturated rings. The summed E-state index contributed by atoms with van der Waals surface area (Å²) in [4.78, 5) is 12.6. The second-order valence-corrected chi connectivity index (χ2v) is 8.97. The fourth-order valence-corrected chi connectivity index (χ4v) is 4.19. The molecule has 8 heteroatoms. The van der Waals surface area contributed by atoms with Gasteiger partial charge in [0.05, 0.1) is 18.5 Å². The summed E-state index contributed by atoms with van der Waals surface area (Å²) in [6.07, 6.45) is 0.191. The quantitative estimate of drug-likeness (QED) is 0.698. The van der Waals surface area contributed by atoms with E-state index in [0.717, 1.165) is 15.4 Å². The van der Waals surface area contributed by atoms with Gasteiger partial charge >= 0.3 is 0 Å². The van der Waals surface area contributed by atoms with Crippen molar-refractivity contribution >= 4 is 49.9 Å². The molecule has 0 saturated carbocycles. The van der Waals surface area contributed by atoms with Crippen molar-refractivity contribution in [3.63, 3.8) is 0 Å². The molecule has 0 bridgehead atoms. The number of carbonyl (C=O) groups is 1. The van der Waals surface area contributed by atoms with Gasteiger partial charge in [0, 0.05) is 9.26 Å².